The van der Waals surface area contributed by atoms with E-state index in [-0.39, 0.29) is 5.78 Å². The number of carbonyl (C=O) groups excluding carboxylic acids is 2. The van der Waals surface area contributed by atoms with Gasteiger partial charge in [-0.05, 0) is 6.92 Å². The second-order valence-electron chi connectivity index (χ2n) is 6.17. The highest BCUT2D eigenvalue weighted by atomic mass is 16.8. The molecule has 4 rings (SSSR count). The number of hydrogen-bond acceptors (Lipinski definition) is 5. The molecule has 0 radical (unpaired) electrons. The summed E-state index contributed by atoms with van der Waals surface area (Å²) in [6.07, 6.45) is 3.74. The van der Waals surface area contributed by atoms with Crippen LogP contribution in [-0.2, 0) is 24.8 Å². The van der Waals surface area contributed by atoms with E-state index in [4.69, 9.17) is 14.2 Å². The van der Waals surface area contributed by atoms with Crippen LogP contribution in [0.1, 0.15) is 22.8 Å². The van der Waals surface area contributed by atoms with Gasteiger partial charge in [0.1, 0.15) is 11.5 Å². The van der Waals surface area contributed by atoms with Crippen molar-refractivity contribution in [2.75, 3.05) is 13.7 Å². The smallest absolute Gasteiger partial charge is 0.317 e. The molecule has 1 spiro atoms. The largest absolute Gasteiger partial charge is 0.468 e. The lowest BCUT2D eigenvalue weighted by atomic mass is 9.69. The third-order valence-corrected chi connectivity index (χ3v) is 4.72. The van der Waals surface area contributed by atoms with Gasteiger partial charge in [-0.2, -0.15) is 0 Å². The lowest BCUT2D eigenvalue weighted by molar-refractivity contribution is -0.229. The maximum atomic E-state index is 12.8. The van der Waals surface area contributed by atoms with Crippen molar-refractivity contribution >= 4 is 11.8 Å². The molecule has 0 amide bonds. The summed E-state index contributed by atoms with van der Waals surface area (Å²) >= 11 is 0. The maximum absolute atomic E-state index is 12.8. The second-order valence-corrected chi connectivity index (χ2v) is 6.17. The van der Waals surface area contributed by atoms with Gasteiger partial charge in [-0.15, -0.1) is 0 Å². The van der Waals surface area contributed by atoms with E-state index in [0.29, 0.717) is 17.7 Å². The average Bonchev–Trinajstić information content (AvgIpc) is 2.81. The molecule has 0 saturated carbocycles. The Labute approximate surface area is 127 Å². The lowest BCUT2D eigenvalue weighted by Crippen LogP contribution is -2.52. The van der Waals surface area contributed by atoms with Crippen LogP contribution in [-0.4, -0.2) is 31.1 Å². The Hall–Kier alpha value is -1.98. The minimum Gasteiger partial charge on any atom is -0.468 e. The van der Waals surface area contributed by atoms with Crippen molar-refractivity contribution in [2.24, 2.45) is 11.8 Å². The predicted molar refractivity (Wildman–Crippen MR) is 76.0 cm³/mol. The number of methoxy groups -OCH3 is 1. The topological polar surface area (TPSA) is 61.8 Å². The van der Waals surface area contributed by atoms with Gasteiger partial charge >= 0.3 is 5.97 Å². The van der Waals surface area contributed by atoms with Crippen LogP contribution in [0.15, 0.2) is 36.4 Å². The van der Waals surface area contributed by atoms with Crippen molar-refractivity contribution < 1.29 is 23.8 Å². The molecular formula is C17H16O5. The highest BCUT2D eigenvalue weighted by molar-refractivity contribution is 6.11. The Morgan fingerprint density at radius 2 is 2.14 bits per heavy atom. The fraction of sp³-hybridized carbons (Fsp3) is 0.412. The van der Waals surface area contributed by atoms with E-state index < -0.39 is 29.2 Å². The Bertz CT molecular complexity index is 709. The van der Waals surface area contributed by atoms with Crippen molar-refractivity contribution in [2.45, 2.75) is 18.3 Å². The summed E-state index contributed by atoms with van der Waals surface area (Å²) in [6.45, 7) is 2.32. The first-order valence-electron chi connectivity index (χ1n) is 7.26. The monoisotopic (exact) mass is 300 g/mol. The molecule has 1 fully saturated rings. The molecule has 1 aliphatic carbocycles. The number of esters is 1. The highest BCUT2D eigenvalue weighted by Gasteiger charge is 2.63. The third-order valence-electron chi connectivity index (χ3n) is 4.72. The molecule has 114 valence electrons. The minimum absolute atomic E-state index is 0.245. The van der Waals surface area contributed by atoms with Crippen molar-refractivity contribution in [1.29, 1.82) is 0 Å². The summed E-state index contributed by atoms with van der Waals surface area (Å²) in [5.41, 5.74) is 0.622. The molecule has 5 nitrogen and oxygen atoms in total. The first-order valence-corrected chi connectivity index (χ1v) is 7.26. The van der Waals surface area contributed by atoms with Crippen molar-refractivity contribution in [3.05, 3.63) is 47.5 Å². The van der Waals surface area contributed by atoms with Crippen molar-refractivity contribution in [3.63, 3.8) is 0 Å². The van der Waals surface area contributed by atoms with E-state index in [1.165, 1.54) is 7.11 Å². The molecule has 1 saturated heterocycles. The molecule has 2 aliphatic heterocycles. The molecule has 3 aliphatic rings. The molecule has 1 aromatic carbocycles. The number of ketones is 1. The minimum atomic E-state index is -1.09. The Balaban J connectivity index is 1.97. The molecule has 0 N–H and O–H groups in total. The van der Waals surface area contributed by atoms with Gasteiger partial charge in [-0.3, -0.25) is 9.59 Å². The number of hydrogen-bond donors (Lipinski definition) is 0. The second kappa shape index (κ2) is 4.27. The zero-order valence-electron chi connectivity index (χ0n) is 12.4. The van der Waals surface area contributed by atoms with Crippen LogP contribution in [0, 0.1) is 11.8 Å². The van der Waals surface area contributed by atoms with Crippen LogP contribution >= 0.6 is 0 Å². The van der Waals surface area contributed by atoms with Gasteiger partial charge in [0.05, 0.1) is 19.6 Å². The van der Waals surface area contributed by atoms with E-state index in [2.05, 4.69) is 0 Å². The summed E-state index contributed by atoms with van der Waals surface area (Å²) < 4.78 is 17.1. The molecule has 2 bridgehead atoms. The quantitative estimate of drug-likeness (QED) is 0.450. The number of rotatable bonds is 1. The van der Waals surface area contributed by atoms with Crippen LogP contribution in [0.2, 0.25) is 0 Å². The van der Waals surface area contributed by atoms with Crippen LogP contribution in [0.25, 0.3) is 0 Å². The number of Topliss-reactive ketones (excluding diaryl/α,β-unsaturated/α-hetero) is 1. The van der Waals surface area contributed by atoms with E-state index in [1.54, 1.807) is 12.1 Å². The maximum Gasteiger partial charge on any atom is 0.317 e. The van der Waals surface area contributed by atoms with Crippen LogP contribution in [0.4, 0.5) is 0 Å². The normalized spacial score (nSPS) is 38.4. The zero-order chi connectivity index (χ0) is 15.5. The van der Waals surface area contributed by atoms with Gasteiger partial charge in [-0.25, -0.2) is 0 Å². The summed E-state index contributed by atoms with van der Waals surface area (Å²) in [4.78, 5) is 25.0. The molecular weight excluding hydrogens is 284 g/mol. The number of benzene rings is 1. The molecule has 5 heteroatoms. The molecule has 4 atom stereocenters. The lowest BCUT2D eigenvalue weighted by Gasteiger charge is -2.44. The van der Waals surface area contributed by atoms with E-state index in [9.17, 15) is 9.59 Å². The van der Waals surface area contributed by atoms with Gasteiger partial charge in [-0.1, -0.05) is 36.4 Å². The standard InChI is InChI=1S/C17H16O5/c1-16-8-7-12-13(15(19)20-2)14(18)10-5-3-4-6-11(10)17(12,22-16)21-9-16/h3-8,12-13H,9H2,1-2H3/t12-,13-,16-,17+/m0/s1. The summed E-state index contributed by atoms with van der Waals surface area (Å²) in [5.74, 6) is -3.36. The summed E-state index contributed by atoms with van der Waals surface area (Å²) in [7, 11) is 1.29. The summed E-state index contributed by atoms with van der Waals surface area (Å²) in [5, 5.41) is 0. The van der Waals surface area contributed by atoms with Gasteiger partial charge < -0.3 is 14.2 Å². The number of ether oxygens (including phenoxy) is 3. The average molecular weight is 300 g/mol. The third kappa shape index (κ3) is 1.55. The van der Waals surface area contributed by atoms with E-state index in [0.717, 1.165) is 0 Å². The SMILES string of the molecule is COC(=O)[C@@H]1C(=O)c2ccccc2[C@]23OC[C@](C)(C=C[C@@H]12)O3. The summed E-state index contributed by atoms with van der Waals surface area (Å²) in [6, 6.07) is 7.16. The predicted octanol–water partition coefficient (Wildman–Crippen LogP) is 1.82. The molecule has 0 unspecified atom stereocenters. The van der Waals surface area contributed by atoms with Crippen LogP contribution in [0.3, 0.4) is 0 Å². The van der Waals surface area contributed by atoms with E-state index in [1.807, 2.05) is 31.2 Å². The van der Waals surface area contributed by atoms with Crippen molar-refractivity contribution in [3.8, 4) is 0 Å². The zero-order valence-corrected chi connectivity index (χ0v) is 12.4. The van der Waals surface area contributed by atoms with Gasteiger partial charge in [0.15, 0.2) is 5.78 Å². The Kier molecular flexibility index (Phi) is 2.65. The van der Waals surface area contributed by atoms with Gasteiger partial charge in [0, 0.05) is 11.1 Å². The fourth-order valence-corrected chi connectivity index (χ4v) is 3.69. The van der Waals surface area contributed by atoms with Gasteiger partial charge in [0.2, 0.25) is 5.79 Å². The first-order chi connectivity index (χ1) is 10.5. The Morgan fingerprint density at radius 1 is 1.36 bits per heavy atom. The molecule has 0 aromatic heterocycles. The highest BCUT2D eigenvalue weighted by Crippen LogP contribution is 2.55. The van der Waals surface area contributed by atoms with Crippen molar-refractivity contribution in [1.82, 2.24) is 0 Å². The first kappa shape index (κ1) is 13.7. The number of carbonyl (C=O) groups is 2. The molecule has 1 aromatic rings. The fourth-order valence-electron chi connectivity index (χ4n) is 3.69. The number of fused-ring (bicyclic) bond motifs is 2. The Morgan fingerprint density at radius 3 is 2.91 bits per heavy atom. The van der Waals surface area contributed by atoms with E-state index >= 15 is 0 Å². The molecule has 22 heavy (non-hydrogen) atoms. The van der Waals surface area contributed by atoms with Crippen LogP contribution in [0.5, 0.6) is 0 Å². The van der Waals surface area contributed by atoms with Gasteiger partial charge in [0.25, 0.3) is 0 Å². The molecule has 2 heterocycles. The van der Waals surface area contributed by atoms with Crippen LogP contribution < -0.4 is 0 Å².